The van der Waals surface area contributed by atoms with Gasteiger partial charge in [0.1, 0.15) is 11.3 Å². The van der Waals surface area contributed by atoms with Crippen molar-refractivity contribution in [3.8, 4) is 0 Å². The lowest BCUT2D eigenvalue weighted by Gasteiger charge is -2.34. The molecule has 0 aliphatic carbocycles. The number of piperazine rings is 1. The van der Waals surface area contributed by atoms with E-state index in [0.29, 0.717) is 30.4 Å². The second-order valence-electron chi connectivity index (χ2n) is 6.85. The van der Waals surface area contributed by atoms with Crippen molar-refractivity contribution in [2.75, 3.05) is 19.6 Å². The molecule has 128 valence electrons. The van der Waals surface area contributed by atoms with Crippen LogP contribution in [0.2, 0.25) is 5.02 Å². The van der Waals surface area contributed by atoms with E-state index in [1.165, 1.54) is 0 Å². The summed E-state index contributed by atoms with van der Waals surface area (Å²) in [6.07, 6.45) is -0.320. The smallest absolute Gasteiger partial charge is 0.410 e. The first-order chi connectivity index (χ1) is 11.3. The molecular weight excluding hydrogens is 328 g/mol. The van der Waals surface area contributed by atoms with Gasteiger partial charge < -0.3 is 15.0 Å². The number of rotatable bonds is 1. The molecule has 1 aliphatic heterocycles. The fourth-order valence-electron chi connectivity index (χ4n) is 2.68. The Hall–Kier alpha value is -1.92. The highest BCUT2D eigenvalue weighted by Crippen LogP contribution is 2.29. The molecule has 2 aromatic rings. The molecule has 2 heterocycles. The van der Waals surface area contributed by atoms with Crippen molar-refractivity contribution in [1.82, 2.24) is 20.4 Å². The molecule has 3 rings (SSSR count). The van der Waals surface area contributed by atoms with Gasteiger partial charge in [-0.05, 0) is 26.8 Å². The standard InChI is InChI=1S/C17H21ClN4O2/c1-17(2,3)24-16(23)22-9-8-19-13(10-22)15-14(18)11-6-4-5-7-12(11)20-21-15/h4-7,13,19H,8-10H2,1-3H3. The number of amides is 1. The highest BCUT2D eigenvalue weighted by atomic mass is 35.5. The SMILES string of the molecule is CC(C)(C)OC(=O)N1CCNC(c2nnc3ccccc3c2Cl)C1. The molecule has 7 heteroatoms. The van der Waals surface area contributed by atoms with Gasteiger partial charge >= 0.3 is 6.09 Å². The van der Waals surface area contributed by atoms with Crippen LogP contribution >= 0.6 is 11.6 Å². The third-order valence-corrected chi connectivity index (χ3v) is 4.19. The lowest BCUT2D eigenvalue weighted by Crippen LogP contribution is -2.50. The first kappa shape index (κ1) is 16.9. The maximum Gasteiger partial charge on any atom is 0.410 e. The molecule has 24 heavy (non-hydrogen) atoms. The van der Waals surface area contributed by atoms with Gasteiger partial charge in [0.25, 0.3) is 0 Å². The quantitative estimate of drug-likeness (QED) is 0.857. The van der Waals surface area contributed by atoms with Gasteiger partial charge in [0.2, 0.25) is 0 Å². The lowest BCUT2D eigenvalue weighted by atomic mass is 10.1. The van der Waals surface area contributed by atoms with Crippen LogP contribution < -0.4 is 5.32 Å². The normalized spacial score (nSPS) is 18.7. The van der Waals surface area contributed by atoms with Crippen LogP contribution in [0, 0.1) is 0 Å². The second kappa shape index (κ2) is 6.53. The predicted molar refractivity (Wildman–Crippen MR) is 93.1 cm³/mol. The Morgan fingerprint density at radius 2 is 2.08 bits per heavy atom. The van der Waals surface area contributed by atoms with Gasteiger partial charge in [0.05, 0.1) is 16.6 Å². The Morgan fingerprint density at radius 1 is 1.33 bits per heavy atom. The highest BCUT2D eigenvalue weighted by molar-refractivity contribution is 6.35. The van der Waals surface area contributed by atoms with Crippen LogP contribution in [-0.4, -0.2) is 46.4 Å². The Labute approximate surface area is 146 Å². The molecule has 1 aromatic carbocycles. The van der Waals surface area contributed by atoms with Crippen LogP contribution in [0.4, 0.5) is 4.79 Å². The van der Waals surface area contributed by atoms with E-state index in [1.54, 1.807) is 4.90 Å². The van der Waals surface area contributed by atoms with Crippen molar-refractivity contribution in [1.29, 1.82) is 0 Å². The van der Waals surface area contributed by atoms with E-state index in [1.807, 2.05) is 45.0 Å². The van der Waals surface area contributed by atoms with E-state index in [4.69, 9.17) is 16.3 Å². The van der Waals surface area contributed by atoms with E-state index in [-0.39, 0.29) is 12.1 Å². The Morgan fingerprint density at radius 3 is 2.83 bits per heavy atom. The van der Waals surface area contributed by atoms with Gasteiger partial charge in [-0.2, -0.15) is 10.2 Å². The van der Waals surface area contributed by atoms with Gasteiger partial charge in [-0.1, -0.05) is 29.8 Å². The summed E-state index contributed by atoms with van der Waals surface area (Å²) in [5, 5.41) is 13.3. The van der Waals surface area contributed by atoms with Crippen molar-refractivity contribution in [2.24, 2.45) is 0 Å². The topological polar surface area (TPSA) is 67.3 Å². The van der Waals surface area contributed by atoms with Crippen LogP contribution in [0.1, 0.15) is 32.5 Å². The summed E-state index contributed by atoms with van der Waals surface area (Å²) in [4.78, 5) is 14.0. The maximum atomic E-state index is 12.3. The molecule has 1 amide bonds. The van der Waals surface area contributed by atoms with Gasteiger partial charge in [0, 0.05) is 25.0 Å². The van der Waals surface area contributed by atoms with Gasteiger partial charge in [-0.15, -0.1) is 0 Å². The first-order valence-corrected chi connectivity index (χ1v) is 8.35. The minimum Gasteiger partial charge on any atom is -0.444 e. The number of fused-ring (bicyclic) bond motifs is 1. The summed E-state index contributed by atoms with van der Waals surface area (Å²) < 4.78 is 5.45. The summed E-state index contributed by atoms with van der Waals surface area (Å²) in [6, 6.07) is 7.44. The van der Waals surface area contributed by atoms with Gasteiger partial charge in [-0.25, -0.2) is 4.79 Å². The number of carbonyl (C=O) groups excluding carboxylic acids is 1. The molecular formula is C17H21ClN4O2. The zero-order valence-corrected chi connectivity index (χ0v) is 14.8. The van der Waals surface area contributed by atoms with Crippen molar-refractivity contribution in [2.45, 2.75) is 32.4 Å². The third kappa shape index (κ3) is 3.60. The van der Waals surface area contributed by atoms with E-state index in [2.05, 4.69) is 15.5 Å². The fourth-order valence-corrected chi connectivity index (χ4v) is 3.01. The number of nitrogens with one attached hydrogen (secondary N) is 1. The molecule has 1 saturated heterocycles. The van der Waals surface area contributed by atoms with E-state index < -0.39 is 5.60 Å². The summed E-state index contributed by atoms with van der Waals surface area (Å²) in [5.74, 6) is 0. The molecule has 6 nitrogen and oxygen atoms in total. The number of aromatic nitrogens is 2. The maximum absolute atomic E-state index is 12.3. The Bertz CT molecular complexity index is 760. The van der Waals surface area contributed by atoms with E-state index >= 15 is 0 Å². The van der Waals surface area contributed by atoms with E-state index in [0.717, 1.165) is 10.9 Å². The number of ether oxygens (including phenoxy) is 1. The molecule has 0 radical (unpaired) electrons. The average Bonchev–Trinajstić information content (AvgIpc) is 2.54. The van der Waals surface area contributed by atoms with Gasteiger partial charge in [0.15, 0.2) is 0 Å². The molecule has 0 saturated carbocycles. The lowest BCUT2D eigenvalue weighted by molar-refractivity contribution is 0.0193. The summed E-state index contributed by atoms with van der Waals surface area (Å²) >= 11 is 6.53. The molecule has 1 aromatic heterocycles. The molecule has 1 N–H and O–H groups in total. The zero-order valence-electron chi connectivity index (χ0n) is 14.0. The minimum absolute atomic E-state index is 0.170. The van der Waals surface area contributed by atoms with Crippen LogP contribution in [0.25, 0.3) is 10.9 Å². The number of benzene rings is 1. The number of carbonyl (C=O) groups is 1. The molecule has 0 spiro atoms. The van der Waals surface area contributed by atoms with Crippen molar-refractivity contribution >= 4 is 28.6 Å². The van der Waals surface area contributed by atoms with Crippen LogP contribution in [-0.2, 0) is 4.74 Å². The van der Waals surface area contributed by atoms with Crippen molar-refractivity contribution < 1.29 is 9.53 Å². The van der Waals surface area contributed by atoms with Crippen LogP contribution in [0.3, 0.4) is 0 Å². The van der Waals surface area contributed by atoms with Crippen molar-refractivity contribution in [3.63, 3.8) is 0 Å². The summed E-state index contributed by atoms with van der Waals surface area (Å²) in [5.41, 5.74) is 0.896. The van der Waals surface area contributed by atoms with Crippen molar-refractivity contribution in [3.05, 3.63) is 35.0 Å². The zero-order chi connectivity index (χ0) is 17.3. The summed E-state index contributed by atoms with van der Waals surface area (Å²) in [7, 11) is 0. The fraction of sp³-hybridized carbons (Fsp3) is 0.471. The number of hydrogen-bond acceptors (Lipinski definition) is 5. The predicted octanol–water partition coefficient (Wildman–Crippen LogP) is 3.16. The van der Waals surface area contributed by atoms with E-state index in [9.17, 15) is 4.79 Å². The highest BCUT2D eigenvalue weighted by Gasteiger charge is 2.30. The largest absolute Gasteiger partial charge is 0.444 e. The Kier molecular flexibility index (Phi) is 4.60. The molecule has 1 aliphatic rings. The molecule has 1 unspecified atom stereocenters. The number of halogens is 1. The second-order valence-corrected chi connectivity index (χ2v) is 7.23. The van der Waals surface area contributed by atoms with Crippen LogP contribution in [0.15, 0.2) is 24.3 Å². The minimum atomic E-state index is -0.516. The Balaban J connectivity index is 1.82. The molecule has 1 fully saturated rings. The number of nitrogens with zero attached hydrogens (tertiary/aromatic N) is 3. The monoisotopic (exact) mass is 348 g/mol. The summed E-state index contributed by atoms with van der Waals surface area (Å²) in [6.45, 7) is 7.25. The number of hydrogen-bond donors (Lipinski definition) is 1. The third-order valence-electron chi connectivity index (χ3n) is 3.79. The molecule has 0 bridgehead atoms. The molecule has 1 atom stereocenters. The first-order valence-electron chi connectivity index (χ1n) is 7.97. The average molecular weight is 349 g/mol. The van der Waals surface area contributed by atoms with Crippen LogP contribution in [0.5, 0.6) is 0 Å². The van der Waals surface area contributed by atoms with Gasteiger partial charge in [-0.3, -0.25) is 0 Å².